The number of thioether (sulfide) groups is 1. The van der Waals surface area contributed by atoms with Crippen LogP contribution in [-0.4, -0.2) is 49.3 Å². The molecule has 2 aromatic heterocycles. The van der Waals surface area contributed by atoms with E-state index in [4.69, 9.17) is 4.74 Å². The molecular formula is C16H24N6O2S2. The van der Waals surface area contributed by atoms with Crippen LogP contribution in [0.25, 0.3) is 0 Å². The van der Waals surface area contributed by atoms with Crippen molar-refractivity contribution < 1.29 is 9.53 Å². The largest absolute Gasteiger partial charge is 0.376 e. The molecule has 0 aliphatic carbocycles. The Labute approximate surface area is 161 Å². The van der Waals surface area contributed by atoms with Gasteiger partial charge in [-0.05, 0) is 25.7 Å². The van der Waals surface area contributed by atoms with E-state index in [-0.39, 0.29) is 17.8 Å². The molecule has 2 aromatic rings. The van der Waals surface area contributed by atoms with E-state index in [0.29, 0.717) is 5.13 Å². The number of ether oxygens (including phenoxy) is 1. The molecular weight excluding hydrogens is 372 g/mol. The molecule has 8 nitrogen and oxygen atoms in total. The van der Waals surface area contributed by atoms with E-state index in [9.17, 15) is 4.79 Å². The van der Waals surface area contributed by atoms with Gasteiger partial charge in [0.05, 0.1) is 18.4 Å². The number of amides is 1. The van der Waals surface area contributed by atoms with Gasteiger partial charge in [-0.2, -0.15) is 0 Å². The third-order valence-electron chi connectivity index (χ3n) is 4.03. The number of nitrogens with zero attached hydrogens (tertiary/aromatic N) is 5. The van der Waals surface area contributed by atoms with Crippen molar-refractivity contribution in [1.82, 2.24) is 25.0 Å². The molecule has 0 spiro atoms. The Morgan fingerprint density at radius 3 is 2.92 bits per heavy atom. The topological polar surface area (TPSA) is 94.8 Å². The lowest BCUT2D eigenvalue weighted by Crippen LogP contribution is -2.19. The smallest absolute Gasteiger partial charge is 0.236 e. The molecule has 0 radical (unpaired) electrons. The van der Waals surface area contributed by atoms with Crippen LogP contribution in [0.1, 0.15) is 43.9 Å². The van der Waals surface area contributed by atoms with Gasteiger partial charge in [0.25, 0.3) is 0 Å². The van der Waals surface area contributed by atoms with Crippen molar-refractivity contribution in [3.05, 3.63) is 10.8 Å². The predicted molar refractivity (Wildman–Crippen MR) is 102 cm³/mol. The van der Waals surface area contributed by atoms with Crippen LogP contribution in [0, 0.1) is 0 Å². The van der Waals surface area contributed by atoms with Crippen LogP contribution in [0.3, 0.4) is 0 Å². The molecule has 0 aromatic carbocycles. The summed E-state index contributed by atoms with van der Waals surface area (Å²) in [6, 6.07) is 0. The van der Waals surface area contributed by atoms with Crippen LogP contribution >= 0.6 is 23.1 Å². The second-order valence-corrected chi connectivity index (χ2v) is 8.09. The number of carbonyl (C=O) groups excluding carboxylic acids is 1. The molecule has 142 valence electrons. The standard InChI is InChI=1S/C16H24N6O2S2/c1-3-6-12-18-21-16(22(12)9-11-7-5-8-24-11)25-10-13(23)17-15-20-19-14(4-2)26-15/h11H,3-10H2,1-2H3,(H,17,20,23)/t11-/m1/s1. The van der Waals surface area contributed by atoms with E-state index in [2.05, 4.69) is 37.2 Å². The highest BCUT2D eigenvalue weighted by Crippen LogP contribution is 2.22. The Bertz CT molecular complexity index is 726. The Balaban J connectivity index is 1.59. The van der Waals surface area contributed by atoms with Gasteiger partial charge in [0, 0.05) is 13.0 Å². The van der Waals surface area contributed by atoms with E-state index in [1.807, 2.05) is 6.92 Å². The maximum Gasteiger partial charge on any atom is 0.236 e. The van der Waals surface area contributed by atoms with Gasteiger partial charge in [0.15, 0.2) is 5.16 Å². The van der Waals surface area contributed by atoms with Gasteiger partial charge in [-0.1, -0.05) is 36.9 Å². The van der Waals surface area contributed by atoms with Crippen molar-refractivity contribution in [1.29, 1.82) is 0 Å². The minimum Gasteiger partial charge on any atom is -0.376 e. The summed E-state index contributed by atoms with van der Waals surface area (Å²) in [5, 5.41) is 21.6. The Morgan fingerprint density at radius 1 is 1.35 bits per heavy atom. The second-order valence-electron chi connectivity index (χ2n) is 6.09. The van der Waals surface area contributed by atoms with Crippen molar-refractivity contribution in [2.45, 2.75) is 63.8 Å². The molecule has 0 unspecified atom stereocenters. The summed E-state index contributed by atoms with van der Waals surface area (Å²) in [6.07, 6.45) is 5.06. The van der Waals surface area contributed by atoms with Crippen LogP contribution in [0.5, 0.6) is 0 Å². The lowest BCUT2D eigenvalue weighted by Gasteiger charge is -2.14. The monoisotopic (exact) mass is 396 g/mol. The zero-order valence-corrected chi connectivity index (χ0v) is 16.7. The maximum atomic E-state index is 12.2. The lowest BCUT2D eigenvalue weighted by atomic mass is 10.2. The normalized spacial score (nSPS) is 16.9. The van der Waals surface area contributed by atoms with E-state index >= 15 is 0 Å². The van der Waals surface area contributed by atoms with Gasteiger partial charge in [-0.25, -0.2) is 0 Å². The molecule has 1 aliphatic rings. The Hall–Kier alpha value is -1.52. The first-order valence-corrected chi connectivity index (χ1v) is 10.8. The van der Waals surface area contributed by atoms with E-state index < -0.39 is 0 Å². The summed E-state index contributed by atoms with van der Waals surface area (Å²) in [5.74, 6) is 1.11. The van der Waals surface area contributed by atoms with Crippen molar-refractivity contribution in [2.24, 2.45) is 0 Å². The van der Waals surface area contributed by atoms with Gasteiger partial charge < -0.3 is 9.30 Å². The first-order chi connectivity index (χ1) is 12.7. The molecule has 1 aliphatic heterocycles. The highest BCUT2D eigenvalue weighted by atomic mass is 32.2. The highest BCUT2D eigenvalue weighted by molar-refractivity contribution is 7.99. The molecule has 0 saturated carbocycles. The fraction of sp³-hybridized carbons (Fsp3) is 0.688. The summed E-state index contributed by atoms with van der Waals surface area (Å²) in [7, 11) is 0. The minimum atomic E-state index is -0.113. The number of aromatic nitrogens is 5. The molecule has 10 heteroatoms. The van der Waals surface area contributed by atoms with Gasteiger partial charge in [0.1, 0.15) is 10.8 Å². The Kier molecular flexibility index (Phi) is 6.98. The first-order valence-electron chi connectivity index (χ1n) is 8.98. The zero-order chi connectivity index (χ0) is 18.4. The number of nitrogens with one attached hydrogen (secondary N) is 1. The molecule has 0 bridgehead atoms. The van der Waals surface area contributed by atoms with Gasteiger partial charge >= 0.3 is 0 Å². The average Bonchev–Trinajstić information content (AvgIpc) is 3.37. The summed E-state index contributed by atoms with van der Waals surface area (Å²) >= 11 is 2.80. The van der Waals surface area contributed by atoms with Gasteiger partial charge in [0.2, 0.25) is 11.0 Å². The fourth-order valence-electron chi connectivity index (χ4n) is 2.74. The highest BCUT2D eigenvalue weighted by Gasteiger charge is 2.21. The number of rotatable bonds is 9. The first kappa shape index (κ1) is 19.2. The quantitative estimate of drug-likeness (QED) is 0.651. The van der Waals surface area contributed by atoms with Crippen LogP contribution in [0.15, 0.2) is 5.16 Å². The number of hydrogen-bond acceptors (Lipinski definition) is 8. The number of anilines is 1. The molecule has 1 saturated heterocycles. The molecule has 1 atom stereocenters. The number of hydrogen-bond donors (Lipinski definition) is 1. The molecule has 3 heterocycles. The van der Waals surface area contributed by atoms with E-state index in [1.165, 1.54) is 23.1 Å². The van der Waals surface area contributed by atoms with Crippen LogP contribution in [-0.2, 0) is 28.9 Å². The second kappa shape index (κ2) is 9.43. The minimum absolute atomic E-state index is 0.113. The maximum absolute atomic E-state index is 12.2. The third kappa shape index (κ3) is 5.01. The number of carbonyl (C=O) groups is 1. The average molecular weight is 397 g/mol. The zero-order valence-electron chi connectivity index (χ0n) is 15.1. The van der Waals surface area contributed by atoms with Crippen molar-refractivity contribution in [3.8, 4) is 0 Å². The van der Waals surface area contributed by atoms with Crippen LogP contribution in [0.2, 0.25) is 0 Å². The summed E-state index contributed by atoms with van der Waals surface area (Å²) < 4.78 is 7.86. The van der Waals surface area contributed by atoms with Crippen LogP contribution in [0.4, 0.5) is 5.13 Å². The van der Waals surface area contributed by atoms with E-state index in [0.717, 1.165) is 61.2 Å². The number of aryl methyl sites for hydroxylation is 2. The van der Waals surface area contributed by atoms with Gasteiger partial charge in [-0.3, -0.25) is 10.1 Å². The predicted octanol–water partition coefficient (Wildman–Crippen LogP) is 2.55. The molecule has 1 fully saturated rings. The van der Waals surface area contributed by atoms with E-state index in [1.54, 1.807) is 0 Å². The summed E-state index contributed by atoms with van der Waals surface area (Å²) in [4.78, 5) is 12.2. The van der Waals surface area contributed by atoms with Crippen LogP contribution < -0.4 is 5.32 Å². The van der Waals surface area contributed by atoms with Crippen molar-refractivity contribution >= 4 is 34.1 Å². The van der Waals surface area contributed by atoms with Crippen molar-refractivity contribution in [2.75, 3.05) is 17.7 Å². The molecule has 1 amide bonds. The molecule has 26 heavy (non-hydrogen) atoms. The van der Waals surface area contributed by atoms with Crippen molar-refractivity contribution in [3.63, 3.8) is 0 Å². The summed E-state index contributed by atoms with van der Waals surface area (Å²) in [6.45, 7) is 5.71. The summed E-state index contributed by atoms with van der Waals surface area (Å²) in [5.41, 5.74) is 0. The molecule has 3 rings (SSSR count). The lowest BCUT2D eigenvalue weighted by molar-refractivity contribution is -0.113. The SMILES string of the molecule is CCCc1nnc(SCC(=O)Nc2nnc(CC)s2)n1C[C@H]1CCCO1. The third-order valence-corrected chi connectivity index (χ3v) is 5.98. The fourth-order valence-corrected chi connectivity index (χ4v) is 4.20. The van der Waals surface area contributed by atoms with Gasteiger partial charge in [-0.15, -0.1) is 20.4 Å². The molecule has 1 N–H and O–H groups in total. The Morgan fingerprint density at radius 2 is 2.23 bits per heavy atom.